The lowest BCUT2D eigenvalue weighted by Crippen LogP contribution is -2.34. The van der Waals surface area contributed by atoms with Crippen LogP contribution in [0.15, 0.2) is 23.9 Å². The summed E-state index contributed by atoms with van der Waals surface area (Å²) < 4.78 is 13.9. The molecule has 2 rings (SSSR count). The molecule has 0 bridgehead atoms. The van der Waals surface area contributed by atoms with Crippen LogP contribution >= 0.6 is 0 Å². The molecule has 116 valence electrons. The molecule has 2 amide bonds. The van der Waals surface area contributed by atoms with Crippen molar-refractivity contribution in [1.82, 2.24) is 4.90 Å². The largest absolute Gasteiger partial charge is 0.395 e. The lowest BCUT2D eigenvalue weighted by atomic mass is 10.1. The number of halogens is 1. The van der Waals surface area contributed by atoms with Gasteiger partial charge in [-0.3, -0.25) is 24.6 Å². The number of carbonyl (C=O) groups excluding carboxylic acids is 2. The van der Waals surface area contributed by atoms with Gasteiger partial charge in [0.15, 0.2) is 0 Å². The number of nitro groups is 1. The number of imide groups is 1. The van der Waals surface area contributed by atoms with Gasteiger partial charge in [0, 0.05) is 23.4 Å². The second-order valence-corrected chi connectivity index (χ2v) is 4.53. The first-order valence-electron chi connectivity index (χ1n) is 6.25. The topological polar surface area (TPSA) is 113 Å². The molecule has 0 aromatic heterocycles. The molecule has 2 N–H and O–H groups in total. The van der Waals surface area contributed by atoms with Crippen molar-refractivity contribution >= 4 is 23.2 Å². The number of rotatable bonds is 5. The third kappa shape index (κ3) is 2.66. The fourth-order valence-corrected chi connectivity index (χ4v) is 2.00. The number of nitrogens with one attached hydrogen (secondary N) is 1. The van der Waals surface area contributed by atoms with Crippen molar-refractivity contribution in [3.05, 3.63) is 45.4 Å². The molecule has 8 nitrogen and oxygen atoms in total. The van der Waals surface area contributed by atoms with Gasteiger partial charge in [-0.15, -0.1) is 0 Å². The number of nitro benzene ring substituents is 1. The third-order valence-electron chi connectivity index (χ3n) is 3.17. The van der Waals surface area contributed by atoms with E-state index in [0.717, 1.165) is 17.0 Å². The highest BCUT2D eigenvalue weighted by Crippen LogP contribution is 2.28. The first-order valence-corrected chi connectivity index (χ1v) is 6.25. The Kier molecular flexibility index (Phi) is 4.18. The summed E-state index contributed by atoms with van der Waals surface area (Å²) >= 11 is 0. The van der Waals surface area contributed by atoms with Gasteiger partial charge in [0.1, 0.15) is 5.70 Å². The quantitative estimate of drug-likeness (QED) is 0.470. The van der Waals surface area contributed by atoms with Crippen LogP contribution in [0.2, 0.25) is 0 Å². The van der Waals surface area contributed by atoms with Gasteiger partial charge in [0.25, 0.3) is 11.8 Å². The Labute approximate surface area is 124 Å². The Morgan fingerprint density at radius 1 is 1.41 bits per heavy atom. The minimum absolute atomic E-state index is 0.0454. The van der Waals surface area contributed by atoms with Crippen LogP contribution in [0.1, 0.15) is 5.56 Å². The zero-order chi connectivity index (χ0) is 16.4. The molecule has 1 aliphatic rings. The van der Waals surface area contributed by atoms with E-state index in [2.05, 4.69) is 5.32 Å². The first-order chi connectivity index (χ1) is 10.4. The van der Waals surface area contributed by atoms with Crippen molar-refractivity contribution < 1.29 is 24.0 Å². The van der Waals surface area contributed by atoms with E-state index in [4.69, 9.17) is 5.11 Å². The predicted octanol–water partition coefficient (Wildman–Crippen LogP) is 0.699. The molecule has 0 saturated carbocycles. The molecule has 1 aromatic carbocycles. The summed E-state index contributed by atoms with van der Waals surface area (Å²) in [6.07, 6.45) is 1.02. The van der Waals surface area contributed by atoms with Crippen LogP contribution in [-0.4, -0.2) is 39.9 Å². The Balaban J connectivity index is 2.27. The van der Waals surface area contributed by atoms with Crippen LogP contribution in [0, 0.1) is 22.9 Å². The van der Waals surface area contributed by atoms with Gasteiger partial charge in [0.2, 0.25) is 5.82 Å². The Morgan fingerprint density at radius 2 is 2.09 bits per heavy atom. The summed E-state index contributed by atoms with van der Waals surface area (Å²) in [6.45, 7) is 0.800. The average molecular weight is 309 g/mol. The number of β-amino-alcohol motifs (C(OH)–C–C–N with tert-alkyl or cyclic N) is 1. The zero-order valence-corrected chi connectivity index (χ0v) is 11.5. The van der Waals surface area contributed by atoms with Crippen LogP contribution in [-0.2, 0) is 9.59 Å². The lowest BCUT2D eigenvalue weighted by Gasteiger charge is -2.14. The number of anilines is 1. The van der Waals surface area contributed by atoms with Crippen molar-refractivity contribution in [2.45, 2.75) is 6.92 Å². The number of aliphatic hydroxyl groups excluding tert-OH is 1. The van der Waals surface area contributed by atoms with Crippen molar-refractivity contribution in [1.29, 1.82) is 0 Å². The monoisotopic (exact) mass is 309 g/mol. The fourth-order valence-electron chi connectivity index (χ4n) is 2.00. The molecule has 1 aliphatic heterocycles. The molecule has 1 heterocycles. The number of carbonyl (C=O) groups is 2. The van der Waals surface area contributed by atoms with E-state index in [0.29, 0.717) is 0 Å². The summed E-state index contributed by atoms with van der Waals surface area (Å²) in [5, 5.41) is 22.0. The molecule has 0 atom stereocenters. The second-order valence-electron chi connectivity index (χ2n) is 4.53. The number of hydrogen-bond acceptors (Lipinski definition) is 6. The van der Waals surface area contributed by atoms with Crippen LogP contribution in [0.3, 0.4) is 0 Å². The van der Waals surface area contributed by atoms with E-state index in [9.17, 15) is 24.1 Å². The first kappa shape index (κ1) is 15.6. The van der Waals surface area contributed by atoms with Crippen molar-refractivity contribution in [3.63, 3.8) is 0 Å². The van der Waals surface area contributed by atoms with Crippen LogP contribution in [0.4, 0.5) is 15.8 Å². The normalized spacial score (nSPS) is 14.3. The molecule has 1 aromatic rings. The van der Waals surface area contributed by atoms with E-state index in [1.54, 1.807) is 0 Å². The smallest absolute Gasteiger partial charge is 0.305 e. The molecule has 0 spiro atoms. The number of benzene rings is 1. The summed E-state index contributed by atoms with van der Waals surface area (Å²) in [7, 11) is 0. The third-order valence-corrected chi connectivity index (χ3v) is 3.17. The Morgan fingerprint density at radius 3 is 2.68 bits per heavy atom. The van der Waals surface area contributed by atoms with Gasteiger partial charge in [-0.05, 0) is 13.0 Å². The number of amides is 2. The minimum Gasteiger partial charge on any atom is -0.395 e. The van der Waals surface area contributed by atoms with Gasteiger partial charge in [-0.2, -0.15) is 4.39 Å². The molecule has 0 fully saturated rings. The molecule has 0 saturated heterocycles. The maximum Gasteiger partial charge on any atom is 0.305 e. The van der Waals surface area contributed by atoms with Crippen molar-refractivity contribution in [3.8, 4) is 0 Å². The molecular weight excluding hydrogens is 297 g/mol. The minimum atomic E-state index is -1.01. The average Bonchev–Trinajstić information content (AvgIpc) is 2.72. The van der Waals surface area contributed by atoms with Crippen LogP contribution in [0.5, 0.6) is 0 Å². The number of hydrogen-bond donors (Lipinski definition) is 2. The molecule has 0 aliphatic carbocycles. The van der Waals surface area contributed by atoms with Crippen LogP contribution in [0.25, 0.3) is 0 Å². The Bertz CT molecular complexity index is 701. The standard InChI is InChI=1S/C13H12FN3O5/c1-7-8(2-3-10(12(7)14)17(21)22)15-9-6-11(19)16(4-5-18)13(9)20/h2-3,6,15,18H,4-5H2,1H3. The molecular formula is C13H12FN3O5. The zero-order valence-electron chi connectivity index (χ0n) is 11.5. The summed E-state index contributed by atoms with van der Waals surface area (Å²) in [4.78, 5) is 34.2. The summed E-state index contributed by atoms with van der Waals surface area (Å²) in [5.41, 5.74) is -0.667. The van der Waals surface area contributed by atoms with E-state index in [1.165, 1.54) is 13.0 Å². The Hall–Kier alpha value is -2.81. The van der Waals surface area contributed by atoms with Gasteiger partial charge in [-0.1, -0.05) is 0 Å². The van der Waals surface area contributed by atoms with Crippen molar-refractivity contribution in [2.24, 2.45) is 0 Å². The molecule has 9 heteroatoms. The molecule has 22 heavy (non-hydrogen) atoms. The highest BCUT2D eigenvalue weighted by atomic mass is 19.1. The lowest BCUT2D eigenvalue weighted by molar-refractivity contribution is -0.387. The summed E-state index contributed by atoms with van der Waals surface area (Å²) in [6, 6.07) is 2.22. The van der Waals surface area contributed by atoms with E-state index < -0.39 is 28.2 Å². The second kappa shape index (κ2) is 5.90. The van der Waals surface area contributed by atoms with Gasteiger partial charge in [0.05, 0.1) is 18.1 Å². The predicted molar refractivity (Wildman–Crippen MR) is 73.3 cm³/mol. The van der Waals surface area contributed by atoms with Gasteiger partial charge >= 0.3 is 5.69 Å². The fraction of sp³-hybridized carbons (Fsp3) is 0.231. The van der Waals surface area contributed by atoms with E-state index >= 15 is 0 Å². The highest BCUT2D eigenvalue weighted by molar-refractivity contribution is 6.17. The number of aliphatic hydroxyl groups is 1. The summed E-state index contributed by atoms with van der Waals surface area (Å²) in [5.74, 6) is -2.27. The number of nitrogens with zero attached hydrogens (tertiary/aromatic N) is 2. The van der Waals surface area contributed by atoms with Gasteiger partial charge < -0.3 is 10.4 Å². The molecule has 0 unspecified atom stereocenters. The maximum absolute atomic E-state index is 13.9. The van der Waals surface area contributed by atoms with Crippen LogP contribution < -0.4 is 5.32 Å². The highest BCUT2D eigenvalue weighted by Gasteiger charge is 2.31. The van der Waals surface area contributed by atoms with Gasteiger partial charge in [-0.25, -0.2) is 0 Å². The van der Waals surface area contributed by atoms with E-state index in [-0.39, 0.29) is 30.1 Å². The maximum atomic E-state index is 13.9. The molecule has 0 radical (unpaired) electrons. The van der Waals surface area contributed by atoms with E-state index in [1.807, 2.05) is 0 Å². The van der Waals surface area contributed by atoms with Crippen molar-refractivity contribution in [2.75, 3.05) is 18.5 Å². The SMILES string of the molecule is Cc1c(NC2=CC(=O)N(CCO)C2=O)ccc([N+](=O)[O-])c1F.